The molecule has 1 aromatic carbocycles. The number of rotatable bonds is 4. The molecule has 1 N–H and O–H groups in total. The van der Waals surface area contributed by atoms with Crippen molar-refractivity contribution < 1.29 is 14.6 Å². The number of β-amino-alcohol motifs (C(OH)–C–C–N with tert-alkyl or cyclic N) is 1. The van der Waals surface area contributed by atoms with Crippen molar-refractivity contribution >= 4 is 17.5 Å². The fourth-order valence-corrected chi connectivity index (χ4v) is 3.72. The van der Waals surface area contributed by atoms with E-state index < -0.39 is 6.10 Å². The topological polar surface area (TPSA) is 56.2 Å². The first-order chi connectivity index (χ1) is 11.9. The number of likely N-dealkylation sites (tertiary alicyclic amines) is 1. The Morgan fingerprint density at radius 2 is 2.00 bits per heavy atom. The molecule has 2 atom stereocenters. The molecule has 1 aromatic rings. The van der Waals surface area contributed by atoms with Gasteiger partial charge in [-0.05, 0) is 37.7 Å². The molecule has 2 aliphatic rings. The second-order valence-electron chi connectivity index (χ2n) is 6.97. The van der Waals surface area contributed by atoms with Crippen LogP contribution in [0.2, 0.25) is 5.02 Å². The average Bonchev–Trinajstić information content (AvgIpc) is 2.96. The summed E-state index contributed by atoms with van der Waals surface area (Å²) in [6.45, 7) is 6.67. The molecule has 2 fully saturated rings. The minimum Gasteiger partial charge on any atom is -0.483 e. The van der Waals surface area contributed by atoms with Gasteiger partial charge in [-0.25, -0.2) is 0 Å². The van der Waals surface area contributed by atoms with E-state index in [0.717, 1.165) is 31.7 Å². The lowest BCUT2D eigenvalue weighted by molar-refractivity contribution is -0.132. The largest absolute Gasteiger partial charge is 0.483 e. The third kappa shape index (κ3) is 4.44. The van der Waals surface area contributed by atoms with Gasteiger partial charge in [-0.2, -0.15) is 0 Å². The second kappa shape index (κ2) is 7.91. The molecule has 138 valence electrons. The van der Waals surface area contributed by atoms with Crippen molar-refractivity contribution in [1.82, 2.24) is 14.7 Å². The Hall–Kier alpha value is -1.34. The molecule has 2 aliphatic heterocycles. The number of hydrogen-bond donors (Lipinski definition) is 1. The van der Waals surface area contributed by atoms with E-state index in [9.17, 15) is 9.90 Å². The average molecular weight is 368 g/mol. The van der Waals surface area contributed by atoms with E-state index >= 15 is 0 Å². The number of benzene rings is 1. The van der Waals surface area contributed by atoms with Crippen LogP contribution in [0.4, 0.5) is 0 Å². The van der Waals surface area contributed by atoms with Crippen LogP contribution < -0.4 is 4.74 Å². The molecular weight excluding hydrogens is 342 g/mol. The molecule has 0 aromatic heterocycles. The van der Waals surface area contributed by atoms with Crippen LogP contribution in [0.25, 0.3) is 0 Å². The van der Waals surface area contributed by atoms with Crippen LogP contribution in [0.1, 0.15) is 5.56 Å². The number of hydrogen-bond acceptors (Lipinski definition) is 5. The summed E-state index contributed by atoms with van der Waals surface area (Å²) in [5.41, 5.74) is 0.900. The first-order valence-electron chi connectivity index (χ1n) is 8.71. The highest BCUT2D eigenvalue weighted by atomic mass is 35.5. The molecule has 0 unspecified atom stereocenters. The van der Waals surface area contributed by atoms with Crippen molar-refractivity contribution in [2.24, 2.45) is 0 Å². The summed E-state index contributed by atoms with van der Waals surface area (Å²) in [7, 11) is 2.11. The summed E-state index contributed by atoms with van der Waals surface area (Å²) < 4.78 is 5.64. The highest BCUT2D eigenvalue weighted by molar-refractivity contribution is 6.30. The van der Waals surface area contributed by atoms with Gasteiger partial charge in [0.25, 0.3) is 5.91 Å². The molecule has 25 heavy (non-hydrogen) atoms. The van der Waals surface area contributed by atoms with Crippen molar-refractivity contribution in [3.8, 4) is 5.75 Å². The van der Waals surface area contributed by atoms with Crippen LogP contribution in [0.15, 0.2) is 18.2 Å². The fraction of sp³-hybridized carbons (Fsp3) is 0.611. The number of likely N-dealkylation sites (N-methyl/N-ethyl adjacent to an activating group) is 1. The van der Waals surface area contributed by atoms with Crippen LogP contribution in [0.5, 0.6) is 5.75 Å². The number of aliphatic hydroxyl groups excluding tert-OH is 1. The van der Waals surface area contributed by atoms with Gasteiger partial charge in [-0.1, -0.05) is 11.6 Å². The number of ether oxygens (including phenoxy) is 1. The van der Waals surface area contributed by atoms with Crippen LogP contribution in [0.3, 0.4) is 0 Å². The molecule has 0 bridgehead atoms. The first kappa shape index (κ1) is 18.5. The van der Waals surface area contributed by atoms with Crippen LogP contribution in [0, 0.1) is 6.92 Å². The number of aliphatic hydroxyl groups is 1. The Morgan fingerprint density at radius 1 is 1.28 bits per heavy atom. The zero-order chi connectivity index (χ0) is 18.0. The van der Waals surface area contributed by atoms with E-state index in [1.54, 1.807) is 17.0 Å². The van der Waals surface area contributed by atoms with E-state index in [1.807, 2.05) is 13.0 Å². The highest BCUT2D eigenvalue weighted by Gasteiger charge is 2.38. The van der Waals surface area contributed by atoms with Crippen molar-refractivity contribution in [3.63, 3.8) is 0 Å². The van der Waals surface area contributed by atoms with Gasteiger partial charge in [0.05, 0.1) is 12.1 Å². The van der Waals surface area contributed by atoms with E-state index in [0.29, 0.717) is 23.9 Å². The third-order valence-electron chi connectivity index (χ3n) is 5.11. The normalized spacial score (nSPS) is 25.4. The molecule has 1 amide bonds. The summed E-state index contributed by atoms with van der Waals surface area (Å²) in [5.74, 6) is 0.568. The third-order valence-corrected chi connectivity index (χ3v) is 5.34. The number of piperazine rings is 1. The van der Waals surface area contributed by atoms with Crippen LogP contribution >= 0.6 is 11.6 Å². The quantitative estimate of drug-likeness (QED) is 0.855. The SMILES string of the molecule is Cc1cc(Cl)ccc1OCC(=O)N1C[C@@H](O)[C@H](N2CCN(C)CC2)C1. The number of carbonyl (C=O) groups excluding carboxylic acids is 1. The van der Waals surface area contributed by atoms with Gasteiger partial charge in [0.15, 0.2) is 6.61 Å². The zero-order valence-electron chi connectivity index (χ0n) is 14.8. The monoisotopic (exact) mass is 367 g/mol. The van der Waals surface area contributed by atoms with E-state index in [1.165, 1.54) is 0 Å². The molecule has 2 heterocycles. The molecular formula is C18H26ClN3O3. The van der Waals surface area contributed by atoms with Gasteiger partial charge in [0.2, 0.25) is 0 Å². The van der Waals surface area contributed by atoms with E-state index in [4.69, 9.17) is 16.3 Å². The minimum absolute atomic E-state index is 0.0231. The number of amides is 1. The van der Waals surface area contributed by atoms with Crippen LogP contribution in [-0.2, 0) is 4.79 Å². The maximum atomic E-state index is 12.5. The van der Waals surface area contributed by atoms with Crippen molar-refractivity contribution in [2.45, 2.75) is 19.1 Å². The summed E-state index contributed by atoms with van der Waals surface area (Å²) in [6, 6.07) is 5.35. The fourth-order valence-electron chi connectivity index (χ4n) is 3.49. The Bertz CT molecular complexity index is 620. The predicted octanol–water partition coefficient (Wildman–Crippen LogP) is 0.846. The van der Waals surface area contributed by atoms with Gasteiger partial charge in [0, 0.05) is 44.3 Å². The Balaban J connectivity index is 1.53. The minimum atomic E-state index is -0.496. The molecule has 0 spiro atoms. The summed E-state index contributed by atoms with van der Waals surface area (Å²) in [5, 5.41) is 11.0. The summed E-state index contributed by atoms with van der Waals surface area (Å²) in [6.07, 6.45) is -0.496. The predicted molar refractivity (Wildman–Crippen MR) is 97.1 cm³/mol. The standard InChI is InChI=1S/C18H26ClN3O3/c1-13-9-14(19)3-4-17(13)25-12-18(24)22-10-15(16(23)11-22)21-7-5-20(2)6-8-21/h3-4,9,15-16,23H,5-8,10-12H2,1-2H3/t15-,16-/m1/s1. The molecule has 0 radical (unpaired) electrons. The van der Waals surface area contributed by atoms with Crippen molar-refractivity contribution in [3.05, 3.63) is 28.8 Å². The van der Waals surface area contributed by atoms with Crippen LogP contribution in [-0.4, -0.2) is 90.8 Å². The number of nitrogens with zero attached hydrogens (tertiary/aromatic N) is 3. The van der Waals surface area contributed by atoms with E-state index in [2.05, 4.69) is 16.8 Å². The number of carbonyl (C=O) groups is 1. The smallest absolute Gasteiger partial charge is 0.260 e. The Morgan fingerprint density at radius 3 is 2.68 bits per heavy atom. The number of aryl methyl sites for hydroxylation is 1. The maximum absolute atomic E-state index is 12.5. The van der Waals surface area contributed by atoms with Crippen molar-refractivity contribution in [2.75, 3.05) is 52.9 Å². The lowest BCUT2D eigenvalue weighted by Crippen LogP contribution is -2.52. The molecule has 2 saturated heterocycles. The first-order valence-corrected chi connectivity index (χ1v) is 9.09. The van der Waals surface area contributed by atoms with Gasteiger partial charge in [-0.3, -0.25) is 9.69 Å². The second-order valence-corrected chi connectivity index (χ2v) is 7.41. The maximum Gasteiger partial charge on any atom is 0.260 e. The Labute approximate surface area is 153 Å². The zero-order valence-corrected chi connectivity index (χ0v) is 15.6. The van der Waals surface area contributed by atoms with Crippen molar-refractivity contribution in [1.29, 1.82) is 0 Å². The molecule has 6 nitrogen and oxygen atoms in total. The molecule has 0 saturated carbocycles. The van der Waals surface area contributed by atoms with Gasteiger partial charge < -0.3 is 19.6 Å². The summed E-state index contributed by atoms with van der Waals surface area (Å²) >= 11 is 5.93. The summed E-state index contributed by atoms with van der Waals surface area (Å²) in [4.78, 5) is 18.7. The van der Waals surface area contributed by atoms with Gasteiger partial charge >= 0.3 is 0 Å². The molecule has 7 heteroatoms. The number of halogens is 1. The van der Waals surface area contributed by atoms with Gasteiger partial charge in [-0.15, -0.1) is 0 Å². The molecule has 0 aliphatic carbocycles. The Kier molecular flexibility index (Phi) is 5.84. The van der Waals surface area contributed by atoms with E-state index in [-0.39, 0.29) is 18.6 Å². The highest BCUT2D eigenvalue weighted by Crippen LogP contribution is 2.22. The lowest BCUT2D eigenvalue weighted by Gasteiger charge is -2.37. The molecule has 3 rings (SSSR count). The van der Waals surface area contributed by atoms with Gasteiger partial charge in [0.1, 0.15) is 5.75 Å². The lowest BCUT2D eigenvalue weighted by atomic mass is 10.1.